The molecule has 0 aliphatic carbocycles. The Balaban J connectivity index is 1.78. The van der Waals surface area contributed by atoms with Gasteiger partial charge >= 0.3 is 0 Å². The Bertz CT molecular complexity index is 1180. The number of H-pyrrole nitrogens is 1. The third kappa shape index (κ3) is 4.57. The predicted octanol–water partition coefficient (Wildman–Crippen LogP) is 6.23. The van der Waals surface area contributed by atoms with E-state index in [-0.39, 0.29) is 23.8 Å². The van der Waals surface area contributed by atoms with Gasteiger partial charge in [0, 0.05) is 29.3 Å². The summed E-state index contributed by atoms with van der Waals surface area (Å²) in [5.41, 5.74) is 5.29. The number of halogens is 1. The Labute approximate surface area is 205 Å². The number of aromatic nitrogens is 2. The van der Waals surface area contributed by atoms with E-state index in [0.717, 1.165) is 23.1 Å². The number of ether oxygens (including phenoxy) is 1. The highest BCUT2D eigenvalue weighted by molar-refractivity contribution is 6.31. The van der Waals surface area contributed by atoms with Gasteiger partial charge in [0.05, 0.1) is 12.1 Å². The van der Waals surface area contributed by atoms with Gasteiger partial charge in [-0.1, -0.05) is 49.7 Å². The monoisotopic (exact) mass is 481 g/mol. The molecule has 6 nitrogen and oxygen atoms in total. The zero-order valence-electron chi connectivity index (χ0n) is 20.4. The number of benzene rings is 2. The van der Waals surface area contributed by atoms with E-state index < -0.39 is 0 Å². The molecular formula is C27H32ClN3O3. The van der Waals surface area contributed by atoms with Crippen molar-refractivity contribution in [1.82, 2.24) is 15.1 Å². The van der Waals surface area contributed by atoms with Gasteiger partial charge in [-0.15, -0.1) is 0 Å². The highest BCUT2D eigenvalue weighted by Crippen LogP contribution is 2.45. The van der Waals surface area contributed by atoms with Crippen molar-refractivity contribution in [3.63, 3.8) is 0 Å². The lowest BCUT2D eigenvalue weighted by atomic mass is 9.93. The second-order valence-corrected chi connectivity index (χ2v) is 9.88. The van der Waals surface area contributed by atoms with Gasteiger partial charge in [0.15, 0.2) is 0 Å². The number of nitrogens with zero attached hydrogens (tertiary/aromatic N) is 2. The first-order valence-electron chi connectivity index (χ1n) is 11.8. The van der Waals surface area contributed by atoms with Crippen LogP contribution in [-0.2, 0) is 4.74 Å². The minimum absolute atomic E-state index is 0.0846. The molecule has 7 heteroatoms. The van der Waals surface area contributed by atoms with Crippen LogP contribution < -0.4 is 0 Å². The molecule has 1 aromatic heterocycles. The van der Waals surface area contributed by atoms with Gasteiger partial charge in [-0.2, -0.15) is 5.10 Å². The number of rotatable bonds is 8. The first-order chi connectivity index (χ1) is 16.2. The van der Waals surface area contributed by atoms with Crippen molar-refractivity contribution in [2.45, 2.75) is 59.1 Å². The third-order valence-electron chi connectivity index (χ3n) is 6.31. The summed E-state index contributed by atoms with van der Waals surface area (Å²) >= 11 is 6.38. The van der Waals surface area contributed by atoms with E-state index in [1.807, 2.05) is 25.7 Å². The van der Waals surface area contributed by atoms with Crippen LogP contribution in [0.15, 0.2) is 36.4 Å². The summed E-state index contributed by atoms with van der Waals surface area (Å²) in [5.74, 6) is 0.394. The average Bonchev–Trinajstić information content (AvgIpc) is 3.33. The number of carbonyl (C=O) groups is 1. The van der Waals surface area contributed by atoms with Crippen LogP contribution >= 0.6 is 11.6 Å². The highest BCUT2D eigenvalue weighted by atomic mass is 35.5. The second kappa shape index (κ2) is 9.80. The van der Waals surface area contributed by atoms with E-state index in [0.29, 0.717) is 41.0 Å². The Kier molecular flexibility index (Phi) is 7.01. The molecule has 1 aliphatic rings. The van der Waals surface area contributed by atoms with Crippen LogP contribution in [0.5, 0.6) is 5.75 Å². The molecule has 2 heterocycles. The fraction of sp³-hybridized carbons (Fsp3) is 0.407. The van der Waals surface area contributed by atoms with Crippen molar-refractivity contribution in [3.8, 4) is 17.0 Å². The Morgan fingerprint density at radius 1 is 1.18 bits per heavy atom. The number of hydrogen-bond acceptors (Lipinski definition) is 4. The summed E-state index contributed by atoms with van der Waals surface area (Å²) in [7, 11) is 0. The number of hydrogen-bond donors (Lipinski definition) is 2. The summed E-state index contributed by atoms with van der Waals surface area (Å²) in [6.07, 6.45) is 0.866. The van der Waals surface area contributed by atoms with E-state index in [1.165, 1.54) is 5.56 Å². The number of aryl methyl sites for hydroxylation is 1. The standard InChI is InChI=1S/C27H32ClN3O3/c1-15(2)18-7-9-19(10-8-18)26-23-24(20-14-21(28)17(5)13-22(20)32)29-30-25(23)27(33)31(26)11-6-12-34-16(3)4/h7-10,13-16,26,32H,6,11-12H2,1-5H3,(H,29,30). The molecule has 3 aromatic rings. The Morgan fingerprint density at radius 2 is 1.88 bits per heavy atom. The fourth-order valence-electron chi connectivity index (χ4n) is 4.45. The molecule has 1 amide bonds. The van der Waals surface area contributed by atoms with Crippen molar-refractivity contribution in [3.05, 3.63) is 69.4 Å². The van der Waals surface area contributed by atoms with Gasteiger partial charge in [0.2, 0.25) is 0 Å². The molecule has 2 N–H and O–H groups in total. The molecule has 0 saturated carbocycles. The quantitative estimate of drug-likeness (QED) is 0.374. The topological polar surface area (TPSA) is 78.5 Å². The van der Waals surface area contributed by atoms with Crippen LogP contribution in [-0.4, -0.2) is 45.4 Å². The van der Waals surface area contributed by atoms with Crippen molar-refractivity contribution >= 4 is 17.5 Å². The summed E-state index contributed by atoms with van der Waals surface area (Å²) in [5, 5.41) is 18.6. The molecule has 0 radical (unpaired) electrons. The molecule has 1 atom stereocenters. The highest BCUT2D eigenvalue weighted by Gasteiger charge is 2.42. The maximum absolute atomic E-state index is 13.5. The van der Waals surface area contributed by atoms with E-state index >= 15 is 0 Å². The van der Waals surface area contributed by atoms with Crippen molar-refractivity contribution in [1.29, 1.82) is 0 Å². The first kappa shape index (κ1) is 24.3. The largest absolute Gasteiger partial charge is 0.507 e. The minimum atomic E-state index is -0.323. The maximum atomic E-state index is 13.5. The number of phenols is 1. The van der Waals surface area contributed by atoms with Gasteiger partial charge in [0.1, 0.15) is 17.1 Å². The lowest BCUT2D eigenvalue weighted by molar-refractivity contribution is 0.0601. The normalized spacial score (nSPS) is 15.6. The molecule has 34 heavy (non-hydrogen) atoms. The maximum Gasteiger partial charge on any atom is 0.273 e. The summed E-state index contributed by atoms with van der Waals surface area (Å²) in [6.45, 7) is 11.3. The van der Waals surface area contributed by atoms with Crippen molar-refractivity contribution in [2.24, 2.45) is 0 Å². The van der Waals surface area contributed by atoms with Gasteiger partial charge in [-0.25, -0.2) is 0 Å². The smallest absolute Gasteiger partial charge is 0.273 e. The summed E-state index contributed by atoms with van der Waals surface area (Å²) in [4.78, 5) is 15.3. The fourth-order valence-corrected chi connectivity index (χ4v) is 4.62. The number of nitrogens with one attached hydrogen (secondary N) is 1. The molecule has 0 saturated heterocycles. The molecule has 2 aromatic carbocycles. The molecule has 180 valence electrons. The number of fused-ring (bicyclic) bond motifs is 1. The number of aromatic hydroxyl groups is 1. The minimum Gasteiger partial charge on any atom is -0.507 e. The molecule has 0 fully saturated rings. The Hall–Kier alpha value is -2.83. The third-order valence-corrected chi connectivity index (χ3v) is 6.72. The van der Waals surface area contributed by atoms with Crippen LogP contribution in [0.4, 0.5) is 0 Å². The molecule has 0 spiro atoms. The van der Waals surface area contributed by atoms with E-state index in [9.17, 15) is 9.90 Å². The SMILES string of the molecule is Cc1cc(O)c(-c2n[nH]c3c2C(c2ccc(C(C)C)cc2)N(CCCOC(C)C)C3=O)cc1Cl. The molecule has 1 aliphatic heterocycles. The van der Waals surface area contributed by atoms with Crippen LogP contribution in [0.25, 0.3) is 11.3 Å². The predicted molar refractivity (Wildman–Crippen MR) is 135 cm³/mol. The Morgan fingerprint density at radius 3 is 2.53 bits per heavy atom. The van der Waals surface area contributed by atoms with E-state index in [4.69, 9.17) is 16.3 Å². The number of aromatic amines is 1. The van der Waals surface area contributed by atoms with Gasteiger partial charge in [0.25, 0.3) is 5.91 Å². The van der Waals surface area contributed by atoms with Crippen molar-refractivity contribution < 1.29 is 14.6 Å². The second-order valence-electron chi connectivity index (χ2n) is 9.47. The number of amides is 1. The average molecular weight is 482 g/mol. The number of carbonyl (C=O) groups excluding carboxylic acids is 1. The number of phenolic OH excluding ortho intramolecular Hbond substituents is 1. The van der Waals surface area contributed by atoms with Crippen molar-refractivity contribution in [2.75, 3.05) is 13.2 Å². The van der Waals surface area contributed by atoms with Crippen LogP contribution in [0, 0.1) is 6.92 Å². The molecule has 4 rings (SSSR count). The molecule has 1 unspecified atom stereocenters. The lowest BCUT2D eigenvalue weighted by Gasteiger charge is -2.27. The van der Waals surface area contributed by atoms with Crippen LogP contribution in [0.2, 0.25) is 5.02 Å². The van der Waals surface area contributed by atoms with E-state index in [1.54, 1.807) is 12.1 Å². The van der Waals surface area contributed by atoms with Gasteiger partial charge in [-0.05, 0) is 61.9 Å². The summed E-state index contributed by atoms with van der Waals surface area (Å²) in [6, 6.07) is 11.4. The van der Waals surface area contributed by atoms with Crippen LogP contribution in [0.3, 0.4) is 0 Å². The summed E-state index contributed by atoms with van der Waals surface area (Å²) < 4.78 is 5.71. The molecule has 0 bridgehead atoms. The zero-order valence-corrected chi connectivity index (χ0v) is 21.1. The van der Waals surface area contributed by atoms with E-state index in [2.05, 4.69) is 48.3 Å². The van der Waals surface area contributed by atoms with Gasteiger partial charge in [-0.3, -0.25) is 9.89 Å². The first-order valence-corrected chi connectivity index (χ1v) is 12.2. The van der Waals surface area contributed by atoms with Crippen LogP contribution in [0.1, 0.15) is 78.8 Å². The zero-order chi connectivity index (χ0) is 24.6. The van der Waals surface area contributed by atoms with Gasteiger partial charge < -0.3 is 14.7 Å². The lowest BCUT2D eigenvalue weighted by Crippen LogP contribution is -2.31. The molecular weight excluding hydrogens is 450 g/mol.